The highest BCUT2D eigenvalue weighted by molar-refractivity contribution is 5.65. The van der Waals surface area contributed by atoms with Gasteiger partial charge in [-0.05, 0) is 32.6 Å². The lowest BCUT2D eigenvalue weighted by atomic mass is 9.88. The van der Waals surface area contributed by atoms with Crippen LogP contribution in [0.5, 0.6) is 0 Å². The monoisotopic (exact) mass is 297 g/mol. The minimum absolute atomic E-state index is 0.0462. The summed E-state index contributed by atoms with van der Waals surface area (Å²) < 4.78 is 10.7. The van der Waals surface area contributed by atoms with Gasteiger partial charge in [0.25, 0.3) is 6.41 Å². The molecular formula is C16H27NO4. The van der Waals surface area contributed by atoms with E-state index in [0.717, 1.165) is 18.4 Å². The van der Waals surface area contributed by atoms with E-state index in [0.29, 0.717) is 5.92 Å². The van der Waals surface area contributed by atoms with Crippen LogP contribution in [0, 0.1) is 5.92 Å². The molecule has 1 saturated heterocycles. The maximum Gasteiger partial charge on any atom is 0.305 e. The van der Waals surface area contributed by atoms with E-state index in [-0.39, 0.29) is 18.2 Å². The smallest absolute Gasteiger partial charge is 0.305 e. The van der Waals surface area contributed by atoms with Crippen molar-refractivity contribution in [3.63, 3.8) is 0 Å². The average molecular weight is 297 g/mol. The molecule has 1 aliphatic heterocycles. The minimum atomic E-state index is -1.29. The molecular weight excluding hydrogens is 270 g/mol. The van der Waals surface area contributed by atoms with Crippen molar-refractivity contribution < 1.29 is 19.4 Å². The second-order valence-corrected chi connectivity index (χ2v) is 5.72. The number of allylic oxidation sites excluding steroid dienone is 2. The summed E-state index contributed by atoms with van der Waals surface area (Å²) in [5.74, 6) is -0.174. The Morgan fingerprint density at radius 1 is 1.52 bits per heavy atom. The van der Waals surface area contributed by atoms with Crippen LogP contribution in [-0.2, 0) is 14.3 Å². The molecule has 0 aromatic rings. The van der Waals surface area contributed by atoms with Crippen molar-refractivity contribution in [1.29, 1.82) is 0 Å². The number of ether oxygens (including phenoxy) is 2. The van der Waals surface area contributed by atoms with E-state index in [1.54, 1.807) is 0 Å². The van der Waals surface area contributed by atoms with E-state index in [2.05, 4.69) is 29.6 Å². The van der Waals surface area contributed by atoms with E-state index in [9.17, 15) is 9.90 Å². The molecule has 5 heteroatoms. The topological polar surface area (TPSA) is 67.8 Å². The molecule has 21 heavy (non-hydrogen) atoms. The van der Waals surface area contributed by atoms with Crippen molar-refractivity contribution in [2.75, 3.05) is 0 Å². The molecule has 0 amide bonds. The van der Waals surface area contributed by atoms with Crippen LogP contribution in [0.2, 0.25) is 0 Å². The van der Waals surface area contributed by atoms with E-state index < -0.39 is 12.4 Å². The standard InChI is InChI=1S/C16H27NO4/c1-6-10(2)7-8-15-11(3)9-14(12(4)20-15)17-16(19)21-13(5)18/h6-7,11-12,14-17,19H,1,8-9H2,2-5H3/b10-7+/t11-,12+,14+,15-,16?/m0/s1. The van der Waals surface area contributed by atoms with E-state index in [4.69, 9.17) is 4.74 Å². The molecule has 5 atom stereocenters. The zero-order chi connectivity index (χ0) is 16.0. The second kappa shape index (κ2) is 8.32. The van der Waals surface area contributed by atoms with Gasteiger partial charge in [0.05, 0.1) is 12.2 Å². The van der Waals surface area contributed by atoms with Gasteiger partial charge in [-0.15, -0.1) is 0 Å². The molecule has 0 radical (unpaired) electrons. The summed E-state index contributed by atoms with van der Waals surface area (Å²) in [4.78, 5) is 10.8. The van der Waals surface area contributed by atoms with Gasteiger partial charge in [-0.25, -0.2) is 0 Å². The molecule has 1 fully saturated rings. The molecule has 0 spiro atoms. The first kappa shape index (κ1) is 17.9. The molecule has 2 N–H and O–H groups in total. The molecule has 1 unspecified atom stereocenters. The van der Waals surface area contributed by atoms with Crippen LogP contribution in [-0.4, -0.2) is 35.7 Å². The van der Waals surface area contributed by atoms with Gasteiger partial charge in [0.2, 0.25) is 0 Å². The lowest BCUT2D eigenvalue weighted by molar-refractivity contribution is -0.178. The fourth-order valence-corrected chi connectivity index (χ4v) is 2.50. The van der Waals surface area contributed by atoms with Gasteiger partial charge in [-0.2, -0.15) is 0 Å². The summed E-state index contributed by atoms with van der Waals surface area (Å²) in [5.41, 5.74) is 1.14. The number of aliphatic hydroxyl groups is 1. The second-order valence-electron chi connectivity index (χ2n) is 5.72. The lowest BCUT2D eigenvalue weighted by Crippen LogP contribution is -2.52. The zero-order valence-electron chi connectivity index (χ0n) is 13.3. The molecule has 1 rings (SSSR count). The predicted octanol–water partition coefficient (Wildman–Crippen LogP) is 2.12. The fraction of sp³-hybridized carbons (Fsp3) is 0.688. The SMILES string of the molecule is C=C/C(C)=C/C[C@@H]1O[C@H](C)[C@H](NC(O)OC(C)=O)C[C@@H]1C. The Hall–Kier alpha value is -1.17. The predicted molar refractivity (Wildman–Crippen MR) is 81.4 cm³/mol. The number of carbonyl (C=O) groups is 1. The Labute approximate surface area is 127 Å². The van der Waals surface area contributed by atoms with Crippen LogP contribution in [0.25, 0.3) is 0 Å². The largest absolute Gasteiger partial charge is 0.422 e. The Balaban J connectivity index is 2.53. The maximum absolute atomic E-state index is 10.8. The van der Waals surface area contributed by atoms with Crippen molar-refractivity contribution in [3.8, 4) is 0 Å². The molecule has 5 nitrogen and oxygen atoms in total. The summed E-state index contributed by atoms with van der Waals surface area (Å²) in [6, 6.07) is -0.0462. The van der Waals surface area contributed by atoms with Gasteiger partial charge in [0.1, 0.15) is 0 Å². The fourth-order valence-electron chi connectivity index (χ4n) is 2.50. The lowest BCUT2D eigenvalue weighted by Gasteiger charge is -2.39. The van der Waals surface area contributed by atoms with Crippen LogP contribution in [0.15, 0.2) is 24.3 Å². The third kappa shape index (κ3) is 5.99. The highest BCUT2D eigenvalue weighted by Gasteiger charge is 2.34. The molecule has 1 aliphatic rings. The van der Waals surface area contributed by atoms with E-state index >= 15 is 0 Å². The number of rotatable bonds is 6. The number of hydrogen-bond acceptors (Lipinski definition) is 5. The third-order valence-electron chi connectivity index (χ3n) is 3.84. The van der Waals surface area contributed by atoms with Crippen molar-refractivity contribution >= 4 is 5.97 Å². The van der Waals surface area contributed by atoms with Crippen molar-refractivity contribution in [2.24, 2.45) is 5.92 Å². The maximum atomic E-state index is 10.8. The average Bonchev–Trinajstić information content (AvgIpc) is 2.39. The van der Waals surface area contributed by atoms with Crippen molar-refractivity contribution in [3.05, 3.63) is 24.3 Å². The molecule has 120 valence electrons. The summed E-state index contributed by atoms with van der Waals surface area (Å²) >= 11 is 0. The van der Waals surface area contributed by atoms with Gasteiger partial charge in [0, 0.05) is 13.0 Å². The number of aliphatic hydroxyl groups excluding tert-OH is 1. The first-order chi connectivity index (χ1) is 9.83. The first-order valence-electron chi connectivity index (χ1n) is 7.39. The highest BCUT2D eigenvalue weighted by Crippen LogP contribution is 2.28. The van der Waals surface area contributed by atoms with E-state index in [1.165, 1.54) is 6.92 Å². The molecule has 1 heterocycles. The quantitative estimate of drug-likeness (QED) is 0.446. The Morgan fingerprint density at radius 3 is 2.76 bits per heavy atom. The van der Waals surface area contributed by atoms with Gasteiger partial charge in [-0.3, -0.25) is 10.1 Å². The molecule has 0 aromatic heterocycles. The van der Waals surface area contributed by atoms with Crippen LogP contribution in [0.4, 0.5) is 0 Å². The van der Waals surface area contributed by atoms with Crippen LogP contribution < -0.4 is 5.32 Å². The normalized spacial score (nSPS) is 31.6. The molecule has 0 aliphatic carbocycles. The van der Waals surface area contributed by atoms with Gasteiger partial charge in [0.15, 0.2) is 0 Å². The Bertz CT molecular complexity index is 394. The number of carbonyl (C=O) groups excluding carboxylic acids is 1. The van der Waals surface area contributed by atoms with Gasteiger partial charge in [-0.1, -0.05) is 31.2 Å². The highest BCUT2D eigenvalue weighted by atomic mass is 16.7. The van der Waals surface area contributed by atoms with Crippen LogP contribution >= 0.6 is 0 Å². The van der Waals surface area contributed by atoms with Crippen LogP contribution in [0.3, 0.4) is 0 Å². The first-order valence-corrected chi connectivity index (χ1v) is 7.39. The zero-order valence-corrected chi connectivity index (χ0v) is 13.3. The number of esters is 1. The van der Waals surface area contributed by atoms with Gasteiger partial charge >= 0.3 is 5.97 Å². The van der Waals surface area contributed by atoms with E-state index in [1.807, 2.05) is 19.9 Å². The molecule has 0 bridgehead atoms. The van der Waals surface area contributed by atoms with Crippen LogP contribution in [0.1, 0.15) is 40.5 Å². The Morgan fingerprint density at radius 2 is 2.19 bits per heavy atom. The Kier molecular flexibility index (Phi) is 7.08. The summed E-state index contributed by atoms with van der Waals surface area (Å²) in [7, 11) is 0. The molecule has 0 saturated carbocycles. The molecule has 0 aromatic carbocycles. The number of nitrogens with one attached hydrogen (secondary N) is 1. The summed E-state index contributed by atoms with van der Waals surface area (Å²) in [6.07, 6.45) is 4.46. The van der Waals surface area contributed by atoms with Crippen molar-refractivity contribution in [2.45, 2.75) is 65.2 Å². The third-order valence-corrected chi connectivity index (χ3v) is 3.84. The summed E-state index contributed by atoms with van der Waals surface area (Å²) in [6.45, 7) is 11.1. The van der Waals surface area contributed by atoms with Crippen molar-refractivity contribution in [1.82, 2.24) is 5.32 Å². The minimum Gasteiger partial charge on any atom is -0.422 e. The van der Waals surface area contributed by atoms with Gasteiger partial charge < -0.3 is 14.6 Å². The summed E-state index contributed by atoms with van der Waals surface area (Å²) in [5, 5.41) is 12.5. The number of hydrogen-bond donors (Lipinski definition) is 2.